The Kier molecular flexibility index (Phi) is 4.94. The lowest BCUT2D eigenvalue weighted by atomic mass is 10.0. The molecule has 0 heterocycles. The van der Waals surface area contributed by atoms with Crippen LogP contribution in [0.25, 0.3) is 0 Å². The number of rotatable bonds is 4. The predicted octanol–water partition coefficient (Wildman–Crippen LogP) is 3.02. The molecule has 19 heavy (non-hydrogen) atoms. The van der Waals surface area contributed by atoms with Crippen LogP contribution in [0.5, 0.6) is 0 Å². The zero-order valence-corrected chi connectivity index (χ0v) is 10.8. The maximum Gasteiger partial charge on any atom is 0.416 e. The van der Waals surface area contributed by atoms with Gasteiger partial charge in [0.1, 0.15) is 0 Å². The minimum atomic E-state index is -4.38. The number of carbonyl (C=O) groups excluding carboxylic acids is 1. The van der Waals surface area contributed by atoms with Crippen LogP contribution in [0, 0.1) is 5.92 Å². The van der Waals surface area contributed by atoms with Gasteiger partial charge in [0, 0.05) is 5.69 Å². The molecule has 3 nitrogen and oxygen atoms in total. The Hall–Kier alpha value is -1.56. The van der Waals surface area contributed by atoms with E-state index in [4.69, 9.17) is 5.73 Å². The van der Waals surface area contributed by atoms with Crippen molar-refractivity contribution in [2.75, 3.05) is 5.32 Å². The van der Waals surface area contributed by atoms with E-state index in [1.54, 1.807) is 0 Å². The number of nitrogens with two attached hydrogens (primary N) is 1. The van der Waals surface area contributed by atoms with Gasteiger partial charge in [0.2, 0.25) is 5.91 Å². The van der Waals surface area contributed by atoms with E-state index < -0.39 is 23.7 Å². The molecule has 1 aromatic rings. The molecular formula is C13H17F3N2O. The SMILES string of the molecule is CC(C)C[C@H](N)C(=O)Nc1ccc(C(F)(F)F)cc1. The highest BCUT2D eigenvalue weighted by molar-refractivity contribution is 5.94. The van der Waals surface area contributed by atoms with Gasteiger partial charge in [-0.2, -0.15) is 13.2 Å². The third-order valence-corrected chi connectivity index (χ3v) is 2.54. The first-order chi connectivity index (χ1) is 8.70. The summed E-state index contributed by atoms with van der Waals surface area (Å²) >= 11 is 0. The number of amides is 1. The second-order valence-electron chi connectivity index (χ2n) is 4.80. The Morgan fingerprint density at radius 3 is 2.21 bits per heavy atom. The molecule has 1 amide bonds. The molecule has 0 aliphatic heterocycles. The molecule has 0 aliphatic rings. The van der Waals surface area contributed by atoms with Crippen molar-refractivity contribution in [3.63, 3.8) is 0 Å². The van der Waals surface area contributed by atoms with Crippen LogP contribution in [0.4, 0.5) is 18.9 Å². The Labute approximate surface area is 110 Å². The lowest BCUT2D eigenvalue weighted by Crippen LogP contribution is -2.36. The molecule has 0 unspecified atom stereocenters. The molecule has 0 aromatic heterocycles. The van der Waals surface area contributed by atoms with Gasteiger partial charge in [-0.05, 0) is 36.6 Å². The fraction of sp³-hybridized carbons (Fsp3) is 0.462. The standard InChI is InChI=1S/C13H17F3N2O/c1-8(2)7-11(17)12(19)18-10-5-3-9(4-6-10)13(14,15)16/h3-6,8,11H,7,17H2,1-2H3,(H,18,19)/t11-/m0/s1. The lowest BCUT2D eigenvalue weighted by molar-refractivity contribution is -0.137. The van der Waals surface area contributed by atoms with Crippen LogP contribution in [-0.4, -0.2) is 11.9 Å². The summed E-state index contributed by atoms with van der Waals surface area (Å²) in [5.74, 6) is -0.123. The number of nitrogens with one attached hydrogen (secondary N) is 1. The molecule has 0 bridgehead atoms. The summed E-state index contributed by atoms with van der Waals surface area (Å²) < 4.78 is 37.0. The van der Waals surface area contributed by atoms with Crippen LogP contribution in [0.2, 0.25) is 0 Å². The summed E-state index contributed by atoms with van der Waals surface area (Å²) in [6, 6.07) is 3.60. The van der Waals surface area contributed by atoms with Gasteiger partial charge in [-0.15, -0.1) is 0 Å². The molecule has 0 fully saturated rings. The van der Waals surface area contributed by atoms with Gasteiger partial charge in [0.15, 0.2) is 0 Å². The van der Waals surface area contributed by atoms with Crippen molar-refractivity contribution in [2.45, 2.75) is 32.5 Å². The Morgan fingerprint density at radius 2 is 1.79 bits per heavy atom. The number of halogens is 3. The molecule has 6 heteroatoms. The monoisotopic (exact) mass is 274 g/mol. The highest BCUT2D eigenvalue weighted by Crippen LogP contribution is 2.29. The van der Waals surface area contributed by atoms with E-state index >= 15 is 0 Å². The number of carbonyl (C=O) groups is 1. The summed E-state index contributed by atoms with van der Waals surface area (Å²) in [5, 5.41) is 2.49. The summed E-state index contributed by atoms with van der Waals surface area (Å²) in [6.45, 7) is 3.87. The largest absolute Gasteiger partial charge is 0.416 e. The molecule has 0 spiro atoms. The van der Waals surface area contributed by atoms with Crippen LogP contribution in [-0.2, 0) is 11.0 Å². The van der Waals surface area contributed by atoms with E-state index in [-0.39, 0.29) is 5.92 Å². The van der Waals surface area contributed by atoms with Crippen LogP contribution >= 0.6 is 0 Å². The third-order valence-electron chi connectivity index (χ3n) is 2.54. The molecule has 0 radical (unpaired) electrons. The van der Waals surface area contributed by atoms with Gasteiger partial charge in [-0.1, -0.05) is 13.8 Å². The van der Waals surface area contributed by atoms with E-state index in [0.717, 1.165) is 12.1 Å². The first-order valence-corrected chi connectivity index (χ1v) is 5.94. The second kappa shape index (κ2) is 6.06. The average Bonchev–Trinajstić information content (AvgIpc) is 2.27. The highest BCUT2D eigenvalue weighted by Gasteiger charge is 2.30. The van der Waals surface area contributed by atoms with Crippen molar-refractivity contribution in [3.05, 3.63) is 29.8 Å². The maximum absolute atomic E-state index is 12.3. The molecule has 0 saturated heterocycles. The summed E-state index contributed by atoms with van der Waals surface area (Å²) in [4.78, 5) is 11.7. The van der Waals surface area contributed by atoms with Crippen LogP contribution < -0.4 is 11.1 Å². The maximum atomic E-state index is 12.3. The van der Waals surface area contributed by atoms with E-state index in [9.17, 15) is 18.0 Å². The van der Waals surface area contributed by atoms with Crippen molar-refractivity contribution in [1.82, 2.24) is 0 Å². The van der Waals surface area contributed by atoms with Crippen molar-refractivity contribution in [3.8, 4) is 0 Å². The summed E-state index contributed by atoms with van der Waals surface area (Å²) in [7, 11) is 0. The molecule has 0 saturated carbocycles. The zero-order chi connectivity index (χ0) is 14.6. The Balaban J connectivity index is 2.66. The van der Waals surface area contributed by atoms with Crippen LogP contribution in [0.3, 0.4) is 0 Å². The minimum absolute atomic E-state index is 0.272. The fourth-order valence-electron chi connectivity index (χ4n) is 1.59. The summed E-state index contributed by atoms with van der Waals surface area (Å²) in [5.41, 5.74) is 5.22. The van der Waals surface area contributed by atoms with E-state index in [1.807, 2.05) is 13.8 Å². The second-order valence-corrected chi connectivity index (χ2v) is 4.80. The van der Waals surface area contributed by atoms with E-state index in [1.165, 1.54) is 12.1 Å². The van der Waals surface area contributed by atoms with Gasteiger partial charge >= 0.3 is 6.18 Å². The molecule has 1 atom stereocenters. The normalized spacial score (nSPS) is 13.4. The van der Waals surface area contributed by atoms with Crippen LogP contribution in [0.15, 0.2) is 24.3 Å². The van der Waals surface area contributed by atoms with E-state index in [0.29, 0.717) is 12.1 Å². The van der Waals surface area contributed by atoms with E-state index in [2.05, 4.69) is 5.32 Å². The highest BCUT2D eigenvalue weighted by atomic mass is 19.4. The fourth-order valence-corrected chi connectivity index (χ4v) is 1.59. The number of alkyl halides is 3. The molecule has 3 N–H and O–H groups in total. The topological polar surface area (TPSA) is 55.1 Å². The van der Waals surface area contributed by atoms with Crippen molar-refractivity contribution in [2.24, 2.45) is 11.7 Å². The van der Waals surface area contributed by atoms with Gasteiger partial charge in [-0.3, -0.25) is 4.79 Å². The van der Waals surface area contributed by atoms with Crippen molar-refractivity contribution in [1.29, 1.82) is 0 Å². The molecule has 106 valence electrons. The van der Waals surface area contributed by atoms with Crippen molar-refractivity contribution < 1.29 is 18.0 Å². The van der Waals surface area contributed by atoms with Gasteiger partial charge in [-0.25, -0.2) is 0 Å². The van der Waals surface area contributed by atoms with Gasteiger partial charge in [0.25, 0.3) is 0 Å². The quantitative estimate of drug-likeness (QED) is 0.886. The number of hydrogen-bond acceptors (Lipinski definition) is 2. The molecule has 1 aromatic carbocycles. The molecular weight excluding hydrogens is 257 g/mol. The Bertz CT molecular complexity index is 427. The van der Waals surface area contributed by atoms with Crippen molar-refractivity contribution >= 4 is 11.6 Å². The first-order valence-electron chi connectivity index (χ1n) is 5.94. The van der Waals surface area contributed by atoms with Gasteiger partial charge in [0.05, 0.1) is 11.6 Å². The summed E-state index contributed by atoms with van der Waals surface area (Å²) in [6.07, 6.45) is -3.86. The number of benzene rings is 1. The van der Waals surface area contributed by atoms with Crippen LogP contribution in [0.1, 0.15) is 25.8 Å². The third kappa shape index (κ3) is 4.90. The Morgan fingerprint density at radius 1 is 1.26 bits per heavy atom. The number of anilines is 1. The molecule has 1 rings (SSSR count). The number of hydrogen-bond donors (Lipinski definition) is 2. The first kappa shape index (κ1) is 15.5. The predicted molar refractivity (Wildman–Crippen MR) is 67.5 cm³/mol. The molecule has 0 aliphatic carbocycles. The lowest BCUT2D eigenvalue weighted by Gasteiger charge is -2.14. The minimum Gasteiger partial charge on any atom is -0.325 e. The van der Waals surface area contributed by atoms with Gasteiger partial charge < -0.3 is 11.1 Å². The smallest absolute Gasteiger partial charge is 0.325 e. The average molecular weight is 274 g/mol. The zero-order valence-electron chi connectivity index (χ0n) is 10.8.